The molecular formula is C15H16ClN3O3S. The number of ether oxygens (including phenoxy) is 2. The number of nitrogens with zero attached hydrogens (tertiary/aromatic N) is 2. The van der Waals surface area contributed by atoms with Gasteiger partial charge in [-0.25, -0.2) is 4.98 Å². The second kappa shape index (κ2) is 7.94. The Morgan fingerprint density at radius 2 is 2.30 bits per heavy atom. The Morgan fingerprint density at radius 1 is 1.52 bits per heavy atom. The highest BCUT2D eigenvalue weighted by molar-refractivity contribution is 7.13. The molecule has 1 N–H and O–H groups in total. The molecule has 0 radical (unpaired) electrons. The van der Waals surface area contributed by atoms with Crippen molar-refractivity contribution in [2.75, 3.05) is 12.0 Å². The van der Waals surface area contributed by atoms with Gasteiger partial charge in [-0.3, -0.25) is 10.2 Å². The minimum atomic E-state index is -0.463. The van der Waals surface area contributed by atoms with E-state index in [1.807, 2.05) is 19.2 Å². The number of hydrogen-bond acceptors (Lipinski definition) is 7. The Morgan fingerprint density at radius 3 is 2.91 bits per heavy atom. The molecule has 0 unspecified atom stereocenters. The Hall–Kier alpha value is -2.12. The molecule has 122 valence electrons. The van der Waals surface area contributed by atoms with E-state index in [1.54, 1.807) is 18.3 Å². The average molecular weight is 354 g/mol. The summed E-state index contributed by atoms with van der Waals surface area (Å²) in [6.45, 7) is 5.47. The second-order valence-corrected chi connectivity index (χ2v) is 5.79. The fraction of sp³-hybridized carbons (Fsp3) is 0.267. The van der Waals surface area contributed by atoms with E-state index in [0.29, 0.717) is 23.1 Å². The number of nitrogens with one attached hydrogen (secondary N) is 1. The molecule has 23 heavy (non-hydrogen) atoms. The van der Waals surface area contributed by atoms with Gasteiger partial charge in [0.2, 0.25) is 5.13 Å². The molecule has 1 heterocycles. The summed E-state index contributed by atoms with van der Waals surface area (Å²) in [5, 5.41) is 7.01. The standard InChI is InChI=1S/C15H16ClN3O3S/c1-4-21-13-6-11(5-12(16)14(13)22-10(3)20)7-17-19-15-18-9(2)8-23-15/h5-8H,4H2,1-3H3,(H,18,19). The van der Waals surface area contributed by atoms with Crippen LogP contribution in [0.5, 0.6) is 11.5 Å². The van der Waals surface area contributed by atoms with Gasteiger partial charge in [-0.05, 0) is 31.5 Å². The number of thiazole rings is 1. The van der Waals surface area contributed by atoms with Gasteiger partial charge in [0.1, 0.15) is 0 Å². The number of aryl methyl sites for hydroxylation is 1. The van der Waals surface area contributed by atoms with Gasteiger partial charge in [-0.2, -0.15) is 5.10 Å². The zero-order chi connectivity index (χ0) is 16.8. The average Bonchev–Trinajstić information content (AvgIpc) is 2.88. The highest BCUT2D eigenvalue weighted by Gasteiger charge is 2.14. The Balaban J connectivity index is 2.20. The molecule has 0 saturated heterocycles. The maximum Gasteiger partial charge on any atom is 0.308 e. The van der Waals surface area contributed by atoms with Gasteiger partial charge in [0.05, 0.1) is 23.5 Å². The third-order valence-corrected chi connectivity index (χ3v) is 3.72. The molecule has 0 saturated carbocycles. The Bertz CT molecular complexity index is 731. The van der Waals surface area contributed by atoms with Crippen molar-refractivity contribution in [3.63, 3.8) is 0 Å². The molecule has 8 heteroatoms. The lowest BCUT2D eigenvalue weighted by Crippen LogP contribution is -2.05. The van der Waals surface area contributed by atoms with Crippen molar-refractivity contribution in [3.05, 3.63) is 33.8 Å². The second-order valence-electron chi connectivity index (χ2n) is 4.52. The summed E-state index contributed by atoms with van der Waals surface area (Å²) in [5.74, 6) is 0.137. The molecule has 0 amide bonds. The minimum Gasteiger partial charge on any atom is -0.490 e. The SMILES string of the molecule is CCOc1cc(C=NNc2nc(C)cs2)cc(Cl)c1OC(C)=O. The molecular weight excluding hydrogens is 338 g/mol. The van der Waals surface area contributed by atoms with Gasteiger partial charge in [-0.1, -0.05) is 11.6 Å². The summed E-state index contributed by atoms with van der Waals surface area (Å²) in [7, 11) is 0. The number of benzene rings is 1. The number of carbonyl (C=O) groups is 1. The van der Waals surface area contributed by atoms with Crippen LogP contribution in [0.1, 0.15) is 25.1 Å². The molecule has 0 aliphatic heterocycles. The largest absolute Gasteiger partial charge is 0.490 e. The van der Waals surface area contributed by atoms with E-state index in [2.05, 4.69) is 15.5 Å². The van der Waals surface area contributed by atoms with E-state index < -0.39 is 5.97 Å². The highest BCUT2D eigenvalue weighted by Crippen LogP contribution is 2.36. The zero-order valence-electron chi connectivity index (χ0n) is 12.9. The molecule has 0 aliphatic rings. The number of anilines is 1. The van der Waals surface area contributed by atoms with E-state index >= 15 is 0 Å². The van der Waals surface area contributed by atoms with Crippen molar-refractivity contribution in [1.82, 2.24) is 4.98 Å². The lowest BCUT2D eigenvalue weighted by atomic mass is 10.2. The van der Waals surface area contributed by atoms with Crippen molar-refractivity contribution in [2.45, 2.75) is 20.8 Å². The Kier molecular flexibility index (Phi) is 5.95. The highest BCUT2D eigenvalue weighted by atomic mass is 35.5. The van der Waals surface area contributed by atoms with Crippen molar-refractivity contribution in [3.8, 4) is 11.5 Å². The molecule has 0 fully saturated rings. The number of aromatic nitrogens is 1. The van der Waals surface area contributed by atoms with Crippen LogP contribution in [0.4, 0.5) is 5.13 Å². The van der Waals surface area contributed by atoms with Gasteiger partial charge in [-0.15, -0.1) is 11.3 Å². The van der Waals surface area contributed by atoms with Crippen molar-refractivity contribution < 1.29 is 14.3 Å². The van der Waals surface area contributed by atoms with E-state index in [0.717, 1.165) is 5.69 Å². The molecule has 0 spiro atoms. The molecule has 2 aromatic rings. The van der Waals surface area contributed by atoms with Crippen LogP contribution in [0.15, 0.2) is 22.6 Å². The number of esters is 1. The Labute approximate surface area is 143 Å². The maximum atomic E-state index is 11.2. The van der Waals surface area contributed by atoms with Gasteiger partial charge < -0.3 is 9.47 Å². The van der Waals surface area contributed by atoms with Gasteiger partial charge in [0, 0.05) is 12.3 Å². The lowest BCUT2D eigenvalue weighted by Gasteiger charge is -2.12. The molecule has 0 bridgehead atoms. The summed E-state index contributed by atoms with van der Waals surface area (Å²) < 4.78 is 10.6. The van der Waals surface area contributed by atoms with E-state index in [9.17, 15) is 4.79 Å². The minimum absolute atomic E-state index is 0.210. The predicted octanol–water partition coefficient (Wildman–Crippen LogP) is 3.87. The van der Waals surface area contributed by atoms with Crippen LogP contribution in [0.3, 0.4) is 0 Å². The monoisotopic (exact) mass is 353 g/mol. The number of carbonyl (C=O) groups excluding carboxylic acids is 1. The number of hydrogen-bond donors (Lipinski definition) is 1. The van der Waals surface area contributed by atoms with Crippen molar-refractivity contribution in [2.24, 2.45) is 5.10 Å². The zero-order valence-corrected chi connectivity index (χ0v) is 14.5. The first-order chi connectivity index (χ1) is 11.0. The maximum absolute atomic E-state index is 11.2. The summed E-state index contributed by atoms with van der Waals surface area (Å²) in [5.41, 5.74) is 4.47. The summed E-state index contributed by atoms with van der Waals surface area (Å²) >= 11 is 7.63. The number of halogens is 1. The van der Waals surface area contributed by atoms with E-state index in [-0.39, 0.29) is 10.8 Å². The van der Waals surface area contributed by atoms with E-state index in [4.69, 9.17) is 21.1 Å². The van der Waals surface area contributed by atoms with Crippen molar-refractivity contribution >= 4 is 40.3 Å². The third-order valence-electron chi connectivity index (χ3n) is 2.57. The molecule has 1 aromatic heterocycles. The smallest absolute Gasteiger partial charge is 0.308 e. The first-order valence-electron chi connectivity index (χ1n) is 6.85. The van der Waals surface area contributed by atoms with Gasteiger partial charge in [0.15, 0.2) is 11.5 Å². The lowest BCUT2D eigenvalue weighted by molar-refractivity contribution is -0.132. The first kappa shape index (κ1) is 17.2. The summed E-state index contributed by atoms with van der Waals surface area (Å²) in [4.78, 5) is 15.4. The van der Waals surface area contributed by atoms with Crippen LogP contribution in [0.25, 0.3) is 0 Å². The number of rotatable bonds is 6. The third kappa shape index (κ3) is 4.94. The number of hydrazone groups is 1. The van der Waals surface area contributed by atoms with Crippen LogP contribution in [-0.2, 0) is 4.79 Å². The predicted molar refractivity (Wildman–Crippen MR) is 92.0 cm³/mol. The van der Waals surface area contributed by atoms with Crippen molar-refractivity contribution in [1.29, 1.82) is 0 Å². The molecule has 0 atom stereocenters. The fourth-order valence-electron chi connectivity index (χ4n) is 1.74. The molecule has 1 aromatic carbocycles. The first-order valence-corrected chi connectivity index (χ1v) is 8.11. The van der Waals surface area contributed by atoms with Crippen LogP contribution >= 0.6 is 22.9 Å². The topological polar surface area (TPSA) is 72.8 Å². The van der Waals surface area contributed by atoms with E-state index in [1.165, 1.54) is 18.3 Å². The van der Waals surface area contributed by atoms with Crippen LogP contribution in [0.2, 0.25) is 5.02 Å². The molecule has 2 rings (SSSR count). The van der Waals surface area contributed by atoms with Crippen LogP contribution in [0, 0.1) is 6.92 Å². The quantitative estimate of drug-likeness (QED) is 0.369. The fourth-order valence-corrected chi connectivity index (χ4v) is 2.63. The van der Waals surface area contributed by atoms with Crippen LogP contribution < -0.4 is 14.9 Å². The summed E-state index contributed by atoms with van der Waals surface area (Å²) in [6.07, 6.45) is 1.59. The normalized spacial score (nSPS) is 10.8. The molecule has 0 aliphatic carbocycles. The van der Waals surface area contributed by atoms with Crippen LogP contribution in [-0.4, -0.2) is 23.8 Å². The van der Waals surface area contributed by atoms with Gasteiger partial charge in [0.25, 0.3) is 0 Å². The summed E-state index contributed by atoms with van der Waals surface area (Å²) in [6, 6.07) is 3.34. The molecule has 6 nitrogen and oxygen atoms in total. The van der Waals surface area contributed by atoms with Gasteiger partial charge >= 0.3 is 5.97 Å².